The number of hydrogen-bond acceptors (Lipinski definition) is 3. The molecule has 1 N–H and O–H groups in total. The van der Waals surface area contributed by atoms with Crippen LogP contribution in [-0.2, 0) is 22.7 Å². The fourth-order valence-electron chi connectivity index (χ4n) is 1.73. The zero-order valence-electron chi connectivity index (χ0n) is 10.5. The second kappa shape index (κ2) is 6.79. The summed E-state index contributed by atoms with van der Waals surface area (Å²) in [7, 11) is 1.72. The first-order valence-electron chi connectivity index (χ1n) is 6.31. The van der Waals surface area contributed by atoms with E-state index in [1.807, 2.05) is 0 Å². The minimum Gasteiger partial charge on any atom is -0.383 e. The monoisotopic (exact) mass is 238 g/mol. The summed E-state index contributed by atoms with van der Waals surface area (Å²) in [6.07, 6.45) is 4.76. The highest BCUT2D eigenvalue weighted by Crippen LogP contribution is 2.28. The Morgan fingerprint density at radius 2 is 2.35 bits per heavy atom. The normalized spacial score (nSPS) is 15.4. The third kappa shape index (κ3) is 4.50. The van der Waals surface area contributed by atoms with Gasteiger partial charge < -0.3 is 19.4 Å². The lowest BCUT2D eigenvalue weighted by molar-refractivity contribution is 0.0673. The number of hydrogen-bond donors (Lipinski definition) is 1. The molecule has 0 aliphatic heterocycles. The Morgan fingerprint density at radius 3 is 3.12 bits per heavy atom. The van der Waals surface area contributed by atoms with Crippen molar-refractivity contribution in [3.8, 4) is 0 Å². The molecule has 0 spiro atoms. The molecule has 1 fully saturated rings. The summed E-state index contributed by atoms with van der Waals surface area (Å²) in [4.78, 5) is 0. The number of nitrogens with zero attached hydrogens (tertiary/aromatic N) is 1. The summed E-state index contributed by atoms with van der Waals surface area (Å²) in [5.41, 5.74) is 1.26. The average Bonchev–Trinajstić information content (AvgIpc) is 3.05. The van der Waals surface area contributed by atoms with Crippen molar-refractivity contribution >= 4 is 0 Å². The summed E-state index contributed by atoms with van der Waals surface area (Å²) >= 11 is 0. The largest absolute Gasteiger partial charge is 0.383 e. The first-order chi connectivity index (χ1) is 8.40. The van der Waals surface area contributed by atoms with Crippen LogP contribution in [0.2, 0.25) is 0 Å². The van der Waals surface area contributed by atoms with Crippen LogP contribution in [0.3, 0.4) is 0 Å². The molecule has 1 aliphatic carbocycles. The van der Waals surface area contributed by atoms with Gasteiger partial charge in [-0.3, -0.25) is 0 Å². The van der Waals surface area contributed by atoms with Crippen LogP contribution in [0.1, 0.15) is 18.5 Å². The van der Waals surface area contributed by atoms with E-state index in [9.17, 15) is 0 Å². The van der Waals surface area contributed by atoms with Crippen LogP contribution < -0.4 is 5.32 Å². The van der Waals surface area contributed by atoms with Crippen LogP contribution in [-0.4, -0.2) is 31.4 Å². The lowest BCUT2D eigenvalue weighted by Crippen LogP contribution is -2.20. The molecule has 96 valence electrons. The molecule has 0 unspecified atom stereocenters. The third-order valence-corrected chi connectivity index (χ3v) is 2.99. The molecule has 0 bridgehead atoms. The van der Waals surface area contributed by atoms with E-state index in [4.69, 9.17) is 9.47 Å². The van der Waals surface area contributed by atoms with Crippen LogP contribution in [0.25, 0.3) is 0 Å². The summed E-state index contributed by atoms with van der Waals surface area (Å²) in [5.74, 6) is 0.828. The first-order valence-corrected chi connectivity index (χ1v) is 6.31. The Morgan fingerprint density at radius 1 is 1.47 bits per heavy atom. The zero-order valence-corrected chi connectivity index (χ0v) is 10.5. The highest BCUT2D eigenvalue weighted by Gasteiger charge is 2.21. The summed E-state index contributed by atoms with van der Waals surface area (Å²) in [6.45, 7) is 4.08. The molecule has 0 aromatic carbocycles. The number of ether oxygens (including phenoxy) is 2. The van der Waals surface area contributed by atoms with Gasteiger partial charge in [-0.1, -0.05) is 0 Å². The predicted octanol–water partition coefficient (Wildman–Crippen LogP) is 1.61. The van der Waals surface area contributed by atoms with Gasteiger partial charge in [-0.05, 0) is 30.9 Å². The first kappa shape index (κ1) is 12.6. The van der Waals surface area contributed by atoms with E-state index in [0.717, 1.165) is 32.2 Å². The highest BCUT2D eigenvalue weighted by atomic mass is 16.5. The fraction of sp³-hybridized carbons (Fsp3) is 0.692. The van der Waals surface area contributed by atoms with E-state index in [-0.39, 0.29) is 0 Å². The lowest BCUT2D eigenvalue weighted by Gasteiger charge is -2.10. The van der Waals surface area contributed by atoms with Crippen molar-refractivity contribution < 1.29 is 9.47 Å². The van der Waals surface area contributed by atoms with Crippen molar-refractivity contribution in [3.63, 3.8) is 0 Å². The molecule has 1 aliphatic rings. The van der Waals surface area contributed by atoms with Crippen molar-refractivity contribution in [3.05, 3.63) is 24.0 Å². The summed E-state index contributed by atoms with van der Waals surface area (Å²) < 4.78 is 12.8. The van der Waals surface area contributed by atoms with Crippen molar-refractivity contribution in [2.45, 2.75) is 26.1 Å². The molecule has 1 aromatic heterocycles. The molecule has 0 saturated heterocycles. The second-order valence-corrected chi connectivity index (χ2v) is 4.58. The number of aromatic nitrogens is 1. The van der Waals surface area contributed by atoms with Crippen LogP contribution >= 0.6 is 0 Å². The molecule has 0 atom stereocenters. The van der Waals surface area contributed by atoms with Crippen molar-refractivity contribution in [1.82, 2.24) is 9.88 Å². The predicted molar refractivity (Wildman–Crippen MR) is 66.7 cm³/mol. The van der Waals surface area contributed by atoms with Gasteiger partial charge in [0.15, 0.2) is 0 Å². The molecule has 4 heteroatoms. The van der Waals surface area contributed by atoms with Gasteiger partial charge in [0.05, 0.1) is 13.2 Å². The molecule has 4 nitrogen and oxygen atoms in total. The maximum absolute atomic E-state index is 5.68. The third-order valence-electron chi connectivity index (χ3n) is 2.99. The molecule has 1 heterocycles. The highest BCUT2D eigenvalue weighted by molar-refractivity contribution is 5.06. The van der Waals surface area contributed by atoms with Gasteiger partial charge in [0.2, 0.25) is 0 Å². The maximum atomic E-state index is 5.68. The van der Waals surface area contributed by atoms with Gasteiger partial charge in [0.25, 0.3) is 0 Å². The average molecular weight is 238 g/mol. The number of rotatable bonds is 9. The van der Waals surface area contributed by atoms with Crippen LogP contribution in [0.4, 0.5) is 0 Å². The number of methoxy groups -OCH3 is 1. The molecular formula is C13H22N2O2. The Labute approximate surface area is 103 Å². The molecule has 17 heavy (non-hydrogen) atoms. The van der Waals surface area contributed by atoms with Gasteiger partial charge in [-0.15, -0.1) is 0 Å². The number of nitrogens with one attached hydrogen (secondary N) is 1. The molecule has 0 radical (unpaired) electrons. The lowest BCUT2D eigenvalue weighted by atomic mass is 10.4. The van der Waals surface area contributed by atoms with Gasteiger partial charge in [-0.2, -0.15) is 0 Å². The SMILES string of the molecule is COCCNCc1cccn1COCC1CC1. The van der Waals surface area contributed by atoms with Crippen molar-refractivity contribution in [2.75, 3.05) is 26.9 Å². The van der Waals surface area contributed by atoms with Gasteiger partial charge >= 0.3 is 0 Å². The molecule has 1 aromatic rings. The second-order valence-electron chi connectivity index (χ2n) is 4.58. The summed E-state index contributed by atoms with van der Waals surface area (Å²) in [6, 6.07) is 4.19. The Bertz CT molecular complexity index is 321. The van der Waals surface area contributed by atoms with Crippen LogP contribution in [0.5, 0.6) is 0 Å². The Kier molecular flexibility index (Phi) is 5.04. The van der Waals surface area contributed by atoms with Gasteiger partial charge in [-0.25, -0.2) is 0 Å². The van der Waals surface area contributed by atoms with Crippen LogP contribution in [0.15, 0.2) is 18.3 Å². The standard InChI is InChI=1S/C13H22N2O2/c1-16-8-6-14-9-13-3-2-7-15(13)11-17-10-12-4-5-12/h2-3,7,12,14H,4-6,8-11H2,1H3. The van der Waals surface area contributed by atoms with Crippen molar-refractivity contribution in [2.24, 2.45) is 5.92 Å². The van der Waals surface area contributed by atoms with E-state index >= 15 is 0 Å². The Balaban J connectivity index is 1.67. The van der Waals surface area contributed by atoms with E-state index in [1.54, 1.807) is 7.11 Å². The minimum atomic E-state index is 0.671. The molecular weight excluding hydrogens is 216 g/mol. The molecule has 0 amide bonds. The fourth-order valence-corrected chi connectivity index (χ4v) is 1.73. The molecule has 2 rings (SSSR count). The zero-order chi connectivity index (χ0) is 11.9. The van der Waals surface area contributed by atoms with E-state index in [0.29, 0.717) is 6.73 Å². The van der Waals surface area contributed by atoms with Gasteiger partial charge in [0, 0.05) is 32.1 Å². The maximum Gasteiger partial charge on any atom is 0.122 e. The van der Waals surface area contributed by atoms with Gasteiger partial charge in [0.1, 0.15) is 6.73 Å². The Hall–Kier alpha value is -0.840. The smallest absolute Gasteiger partial charge is 0.122 e. The van der Waals surface area contributed by atoms with E-state index < -0.39 is 0 Å². The topological polar surface area (TPSA) is 35.4 Å². The minimum absolute atomic E-state index is 0.671. The van der Waals surface area contributed by atoms with Crippen molar-refractivity contribution in [1.29, 1.82) is 0 Å². The molecule has 1 saturated carbocycles. The quantitative estimate of drug-likeness (QED) is 0.664. The van der Waals surface area contributed by atoms with E-state index in [1.165, 1.54) is 18.5 Å². The van der Waals surface area contributed by atoms with Crippen LogP contribution in [0, 0.1) is 5.92 Å². The summed E-state index contributed by atoms with van der Waals surface area (Å²) in [5, 5.41) is 3.34. The van der Waals surface area contributed by atoms with E-state index in [2.05, 4.69) is 28.2 Å².